The van der Waals surface area contributed by atoms with Crippen molar-refractivity contribution in [1.29, 1.82) is 0 Å². The molecule has 3 N–H and O–H groups in total. The van der Waals surface area contributed by atoms with Gasteiger partial charge in [-0.2, -0.15) is 0 Å². The summed E-state index contributed by atoms with van der Waals surface area (Å²) in [6.07, 6.45) is 2.62. The zero-order valence-corrected chi connectivity index (χ0v) is 14.8. The number of amides is 2. The second-order valence-electron chi connectivity index (χ2n) is 5.82. The average Bonchev–Trinajstić information content (AvgIpc) is 2.55. The Morgan fingerprint density at radius 1 is 1.42 bits per heavy atom. The second-order valence-corrected chi connectivity index (χ2v) is 5.82. The van der Waals surface area contributed by atoms with Gasteiger partial charge in [-0.3, -0.25) is 9.59 Å². The lowest BCUT2D eigenvalue weighted by Crippen LogP contribution is -2.34. The van der Waals surface area contributed by atoms with Crippen molar-refractivity contribution in [2.24, 2.45) is 5.73 Å². The monoisotopic (exact) mass is 355 g/mol. The van der Waals surface area contributed by atoms with E-state index in [-0.39, 0.29) is 36.7 Å². The highest BCUT2D eigenvalue weighted by atomic mass is 35.5. The van der Waals surface area contributed by atoms with Crippen LogP contribution in [0.5, 0.6) is 0 Å². The van der Waals surface area contributed by atoms with E-state index in [0.717, 1.165) is 30.6 Å². The van der Waals surface area contributed by atoms with Gasteiger partial charge in [-0.1, -0.05) is 12.1 Å². The maximum atomic E-state index is 12.0. The molecule has 2 rings (SSSR count). The number of carbonyl (C=O) groups is 2. The van der Waals surface area contributed by atoms with Gasteiger partial charge < -0.3 is 20.7 Å². The normalized spacial score (nSPS) is 15.6. The van der Waals surface area contributed by atoms with Crippen LogP contribution in [0, 0.1) is 0 Å². The van der Waals surface area contributed by atoms with Crippen LogP contribution >= 0.6 is 12.4 Å². The Hall–Kier alpha value is -1.63. The van der Waals surface area contributed by atoms with Crippen molar-refractivity contribution in [1.82, 2.24) is 4.90 Å². The van der Waals surface area contributed by atoms with Gasteiger partial charge in [-0.25, -0.2) is 0 Å². The largest absolute Gasteiger partial charge is 0.380 e. The van der Waals surface area contributed by atoms with Gasteiger partial charge >= 0.3 is 0 Å². The van der Waals surface area contributed by atoms with Gasteiger partial charge in [0.1, 0.15) is 0 Å². The Balaban J connectivity index is 0.00000288. The number of carbonyl (C=O) groups excluding carboxylic acids is 2. The van der Waals surface area contributed by atoms with Crippen molar-refractivity contribution in [2.75, 3.05) is 25.5 Å². The minimum atomic E-state index is -0.274. The Morgan fingerprint density at radius 3 is 2.88 bits per heavy atom. The van der Waals surface area contributed by atoms with E-state index in [9.17, 15) is 9.59 Å². The second kappa shape index (κ2) is 10.3. The number of hydrogen-bond acceptors (Lipinski definition) is 4. The predicted molar refractivity (Wildman–Crippen MR) is 96.1 cm³/mol. The van der Waals surface area contributed by atoms with Crippen LogP contribution < -0.4 is 11.1 Å². The number of likely N-dealkylation sites (tertiary alicyclic amines) is 1. The number of methoxy groups -OCH3 is 1. The molecule has 134 valence electrons. The highest BCUT2D eigenvalue weighted by molar-refractivity contribution is 5.91. The average molecular weight is 356 g/mol. The molecule has 1 heterocycles. The third-order valence-electron chi connectivity index (χ3n) is 4.01. The summed E-state index contributed by atoms with van der Waals surface area (Å²) in [5.41, 5.74) is 7.26. The SMILES string of the molecule is COC(CN)CC(=O)Nc1cccc(CN2CCCCC2=O)c1.Cl. The molecule has 1 aliphatic rings. The highest BCUT2D eigenvalue weighted by Crippen LogP contribution is 2.17. The molecule has 0 radical (unpaired) electrons. The lowest BCUT2D eigenvalue weighted by atomic mass is 10.1. The molecule has 6 nitrogen and oxygen atoms in total. The number of halogens is 1. The van der Waals surface area contributed by atoms with Crippen molar-refractivity contribution >= 4 is 29.9 Å². The molecule has 1 aromatic carbocycles. The fraction of sp³-hybridized carbons (Fsp3) is 0.529. The van der Waals surface area contributed by atoms with Gasteiger partial charge in [-0.15, -0.1) is 12.4 Å². The van der Waals surface area contributed by atoms with E-state index in [0.29, 0.717) is 19.5 Å². The highest BCUT2D eigenvalue weighted by Gasteiger charge is 2.18. The summed E-state index contributed by atoms with van der Waals surface area (Å²) in [4.78, 5) is 25.7. The Labute approximate surface area is 149 Å². The first kappa shape index (κ1) is 20.4. The van der Waals surface area contributed by atoms with E-state index in [4.69, 9.17) is 10.5 Å². The van der Waals surface area contributed by atoms with Gasteiger partial charge in [0, 0.05) is 38.9 Å². The number of anilines is 1. The molecular weight excluding hydrogens is 330 g/mol. The minimum absolute atomic E-state index is 0. The lowest BCUT2D eigenvalue weighted by molar-refractivity contribution is -0.133. The molecule has 0 aliphatic carbocycles. The molecule has 1 aliphatic heterocycles. The van der Waals surface area contributed by atoms with Crippen LogP contribution in [-0.2, 0) is 20.9 Å². The minimum Gasteiger partial charge on any atom is -0.380 e. The molecule has 1 fully saturated rings. The zero-order valence-electron chi connectivity index (χ0n) is 14.0. The summed E-state index contributed by atoms with van der Waals surface area (Å²) in [5.74, 6) is 0.0741. The molecule has 1 atom stereocenters. The van der Waals surface area contributed by atoms with E-state index in [1.54, 1.807) is 7.11 Å². The zero-order chi connectivity index (χ0) is 16.7. The molecule has 2 amide bonds. The van der Waals surface area contributed by atoms with E-state index in [1.165, 1.54) is 0 Å². The molecule has 0 saturated carbocycles. The number of benzene rings is 1. The number of nitrogens with two attached hydrogens (primary N) is 1. The van der Waals surface area contributed by atoms with Crippen molar-refractivity contribution in [3.8, 4) is 0 Å². The van der Waals surface area contributed by atoms with Crippen LogP contribution in [-0.4, -0.2) is 43.0 Å². The van der Waals surface area contributed by atoms with Crippen molar-refractivity contribution in [3.05, 3.63) is 29.8 Å². The molecule has 24 heavy (non-hydrogen) atoms. The molecule has 1 unspecified atom stereocenters. The molecule has 0 aromatic heterocycles. The van der Waals surface area contributed by atoms with Crippen LogP contribution in [0.2, 0.25) is 0 Å². The molecular formula is C17H26ClN3O3. The summed E-state index contributed by atoms with van der Waals surface area (Å²) in [6.45, 7) is 1.70. The summed E-state index contributed by atoms with van der Waals surface area (Å²) >= 11 is 0. The maximum absolute atomic E-state index is 12.0. The molecule has 0 spiro atoms. The Bertz CT molecular complexity index is 550. The van der Waals surface area contributed by atoms with Crippen molar-refractivity contribution in [3.63, 3.8) is 0 Å². The van der Waals surface area contributed by atoms with Crippen LogP contribution in [0.15, 0.2) is 24.3 Å². The molecule has 1 saturated heterocycles. The smallest absolute Gasteiger partial charge is 0.227 e. The van der Waals surface area contributed by atoms with Gasteiger partial charge in [0.25, 0.3) is 0 Å². The van der Waals surface area contributed by atoms with Crippen LogP contribution in [0.3, 0.4) is 0 Å². The van der Waals surface area contributed by atoms with E-state index < -0.39 is 0 Å². The number of nitrogens with zero attached hydrogens (tertiary/aromatic N) is 1. The first-order valence-electron chi connectivity index (χ1n) is 8.02. The maximum Gasteiger partial charge on any atom is 0.227 e. The summed E-state index contributed by atoms with van der Waals surface area (Å²) < 4.78 is 5.11. The number of ether oxygens (including phenoxy) is 1. The molecule has 1 aromatic rings. The Morgan fingerprint density at radius 2 is 2.21 bits per heavy atom. The predicted octanol–water partition coefficient (Wildman–Crippen LogP) is 1.92. The van der Waals surface area contributed by atoms with Crippen LogP contribution in [0.25, 0.3) is 0 Å². The summed E-state index contributed by atoms with van der Waals surface area (Å²) in [7, 11) is 1.54. The van der Waals surface area contributed by atoms with E-state index in [1.807, 2.05) is 29.2 Å². The number of piperidine rings is 1. The number of hydrogen-bond donors (Lipinski definition) is 2. The first-order valence-corrected chi connectivity index (χ1v) is 8.02. The third kappa shape index (κ3) is 6.11. The standard InChI is InChI=1S/C17H25N3O3.ClH/c1-23-15(11-18)10-16(21)19-14-6-4-5-13(9-14)12-20-8-3-2-7-17(20)22;/h4-6,9,15H,2-3,7-8,10-12,18H2,1H3,(H,19,21);1H. The summed E-state index contributed by atoms with van der Waals surface area (Å²) in [5, 5.41) is 2.85. The number of rotatable bonds is 7. The lowest BCUT2D eigenvalue weighted by Gasteiger charge is -2.26. The van der Waals surface area contributed by atoms with E-state index >= 15 is 0 Å². The van der Waals surface area contributed by atoms with Gasteiger partial charge in [-0.05, 0) is 30.5 Å². The van der Waals surface area contributed by atoms with Gasteiger partial charge in [0.05, 0.1) is 12.5 Å². The number of nitrogens with one attached hydrogen (secondary N) is 1. The first-order chi connectivity index (χ1) is 11.1. The fourth-order valence-electron chi connectivity index (χ4n) is 2.68. The molecule has 7 heteroatoms. The molecule has 0 bridgehead atoms. The van der Waals surface area contributed by atoms with Gasteiger partial charge in [0.2, 0.25) is 11.8 Å². The van der Waals surface area contributed by atoms with Gasteiger partial charge in [0.15, 0.2) is 0 Å². The van der Waals surface area contributed by atoms with E-state index in [2.05, 4.69) is 5.32 Å². The van der Waals surface area contributed by atoms with Crippen LogP contribution in [0.4, 0.5) is 5.69 Å². The third-order valence-corrected chi connectivity index (χ3v) is 4.01. The Kier molecular flexibility index (Phi) is 8.74. The van der Waals surface area contributed by atoms with Crippen LogP contribution in [0.1, 0.15) is 31.2 Å². The summed E-state index contributed by atoms with van der Waals surface area (Å²) in [6, 6.07) is 7.60. The topological polar surface area (TPSA) is 84.7 Å². The van der Waals surface area contributed by atoms with Crippen molar-refractivity contribution < 1.29 is 14.3 Å². The van der Waals surface area contributed by atoms with Crippen molar-refractivity contribution in [2.45, 2.75) is 38.3 Å². The fourth-order valence-corrected chi connectivity index (χ4v) is 2.68. The quantitative estimate of drug-likeness (QED) is 0.782.